The van der Waals surface area contributed by atoms with E-state index in [2.05, 4.69) is 10.3 Å². The molecule has 0 aliphatic heterocycles. The number of hydrogen-bond donors (Lipinski definition) is 2. The zero-order valence-electron chi connectivity index (χ0n) is 12.3. The Balaban J connectivity index is 2.09. The number of nitrogens with zero attached hydrogens (tertiary/aromatic N) is 1. The molecule has 5 heteroatoms. The second kappa shape index (κ2) is 6.92. The van der Waals surface area contributed by atoms with Crippen LogP contribution < -0.4 is 15.8 Å². The highest BCUT2D eigenvalue weighted by Crippen LogP contribution is 2.24. The fourth-order valence-electron chi connectivity index (χ4n) is 1.90. The van der Waals surface area contributed by atoms with Crippen molar-refractivity contribution in [2.24, 2.45) is 0 Å². The summed E-state index contributed by atoms with van der Waals surface area (Å²) in [6.45, 7) is 4.58. The molecule has 4 nitrogen and oxygen atoms in total. The number of halogens is 1. The van der Waals surface area contributed by atoms with Gasteiger partial charge in [0.05, 0.1) is 12.3 Å². The van der Waals surface area contributed by atoms with Crippen molar-refractivity contribution in [1.29, 1.82) is 0 Å². The molecule has 112 valence electrons. The van der Waals surface area contributed by atoms with Crippen molar-refractivity contribution in [1.82, 2.24) is 4.98 Å². The van der Waals surface area contributed by atoms with Gasteiger partial charge < -0.3 is 15.8 Å². The summed E-state index contributed by atoms with van der Waals surface area (Å²) in [4.78, 5) is 4.36. The van der Waals surface area contributed by atoms with E-state index in [4.69, 9.17) is 10.5 Å². The van der Waals surface area contributed by atoms with Gasteiger partial charge in [0.15, 0.2) is 0 Å². The third-order valence-corrected chi connectivity index (χ3v) is 3.07. The third kappa shape index (κ3) is 4.08. The number of ether oxygens (including phenoxy) is 1. The van der Waals surface area contributed by atoms with Crippen LogP contribution in [0, 0.1) is 5.82 Å². The number of nitrogens with two attached hydrogens (primary N) is 1. The van der Waals surface area contributed by atoms with Gasteiger partial charge in [0.1, 0.15) is 11.6 Å². The number of hydrogen-bond acceptors (Lipinski definition) is 4. The molecule has 0 saturated carbocycles. The molecular formula is C16H20FN3O. The lowest BCUT2D eigenvalue weighted by Crippen LogP contribution is -2.09. The molecule has 0 spiro atoms. The van der Waals surface area contributed by atoms with Crippen molar-refractivity contribution in [3.05, 3.63) is 47.8 Å². The molecule has 1 aromatic carbocycles. The van der Waals surface area contributed by atoms with Crippen molar-refractivity contribution >= 4 is 11.5 Å². The van der Waals surface area contributed by atoms with Crippen LogP contribution in [-0.4, -0.2) is 11.6 Å². The Kier molecular flexibility index (Phi) is 4.98. The molecule has 0 saturated heterocycles. The van der Waals surface area contributed by atoms with E-state index in [9.17, 15) is 4.39 Å². The quantitative estimate of drug-likeness (QED) is 0.850. The van der Waals surface area contributed by atoms with Crippen molar-refractivity contribution in [3.63, 3.8) is 0 Å². The second-order valence-electron chi connectivity index (χ2n) is 4.86. The monoisotopic (exact) mass is 289 g/mol. The number of nitrogens with one attached hydrogen (secondary N) is 1. The van der Waals surface area contributed by atoms with Gasteiger partial charge in [-0.15, -0.1) is 0 Å². The van der Waals surface area contributed by atoms with Crippen LogP contribution in [0.25, 0.3) is 0 Å². The van der Waals surface area contributed by atoms with E-state index in [1.165, 1.54) is 12.1 Å². The van der Waals surface area contributed by atoms with Gasteiger partial charge in [0.2, 0.25) is 5.88 Å². The molecule has 3 N–H and O–H groups in total. The van der Waals surface area contributed by atoms with Crippen LogP contribution in [0.5, 0.6) is 5.88 Å². The number of aromatic nitrogens is 1. The molecule has 0 aliphatic carbocycles. The number of rotatable bonds is 6. The highest BCUT2D eigenvalue weighted by molar-refractivity contribution is 5.54. The normalized spacial score (nSPS) is 12.0. The molecule has 0 amide bonds. The molecule has 2 aromatic rings. The summed E-state index contributed by atoms with van der Waals surface area (Å²) >= 11 is 0. The summed E-state index contributed by atoms with van der Waals surface area (Å²) < 4.78 is 18.4. The first-order chi connectivity index (χ1) is 10.1. The van der Waals surface area contributed by atoms with Crippen molar-refractivity contribution in [3.8, 4) is 5.88 Å². The third-order valence-electron chi connectivity index (χ3n) is 3.07. The van der Waals surface area contributed by atoms with Gasteiger partial charge in [0, 0.05) is 6.04 Å². The highest BCUT2D eigenvalue weighted by atomic mass is 19.1. The zero-order valence-corrected chi connectivity index (χ0v) is 12.3. The lowest BCUT2D eigenvalue weighted by Gasteiger charge is -2.16. The van der Waals surface area contributed by atoms with Crippen molar-refractivity contribution in [2.75, 3.05) is 17.7 Å². The maximum absolute atomic E-state index is 12.9. The van der Waals surface area contributed by atoms with Crippen molar-refractivity contribution in [2.45, 2.75) is 26.3 Å². The molecule has 2 rings (SSSR count). The Morgan fingerprint density at radius 2 is 1.95 bits per heavy atom. The molecule has 1 heterocycles. The number of pyridine rings is 1. The van der Waals surface area contributed by atoms with Crippen LogP contribution in [-0.2, 0) is 0 Å². The smallest absolute Gasteiger partial charge is 0.239 e. The minimum Gasteiger partial charge on any atom is -0.476 e. The van der Waals surface area contributed by atoms with Crippen LogP contribution in [0.4, 0.5) is 15.9 Å². The Labute approximate surface area is 124 Å². The van der Waals surface area contributed by atoms with Gasteiger partial charge in [-0.05, 0) is 43.2 Å². The summed E-state index contributed by atoms with van der Waals surface area (Å²) in [5.41, 5.74) is 7.33. The number of nitrogen functional groups attached to an aromatic ring is 1. The summed E-state index contributed by atoms with van der Waals surface area (Å²) in [5.74, 6) is 0.868. The summed E-state index contributed by atoms with van der Waals surface area (Å²) in [5, 5.41) is 3.25. The van der Waals surface area contributed by atoms with Gasteiger partial charge in [-0.2, -0.15) is 4.98 Å². The molecule has 1 atom stereocenters. The topological polar surface area (TPSA) is 60.2 Å². The Hall–Kier alpha value is -2.30. The van der Waals surface area contributed by atoms with E-state index in [-0.39, 0.29) is 11.9 Å². The van der Waals surface area contributed by atoms with E-state index in [0.29, 0.717) is 24.0 Å². The molecule has 1 unspecified atom stereocenters. The predicted octanol–water partition coefficient (Wildman–Crippen LogP) is 3.76. The molecule has 0 radical (unpaired) electrons. The summed E-state index contributed by atoms with van der Waals surface area (Å²) in [7, 11) is 0. The number of anilines is 2. The van der Waals surface area contributed by atoms with Crippen molar-refractivity contribution < 1.29 is 9.13 Å². The van der Waals surface area contributed by atoms with E-state index in [0.717, 1.165) is 12.0 Å². The lowest BCUT2D eigenvalue weighted by atomic mass is 10.1. The zero-order chi connectivity index (χ0) is 15.2. The van der Waals surface area contributed by atoms with Crippen LogP contribution in [0.15, 0.2) is 36.4 Å². The summed E-state index contributed by atoms with van der Waals surface area (Å²) in [6.07, 6.45) is 0.894. The van der Waals surface area contributed by atoms with Crippen LogP contribution in [0.1, 0.15) is 31.9 Å². The minimum absolute atomic E-state index is 0.000694. The van der Waals surface area contributed by atoms with Crippen LogP contribution in [0.2, 0.25) is 0 Å². The number of benzene rings is 1. The van der Waals surface area contributed by atoms with E-state index in [1.54, 1.807) is 24.3 Å². The van der Waals surface area contributed by atoms with Gasteiger partial charge in [-0.3, -0.25) is 0 Å². The highest BCUT2D eigenvalue weighted by Gasteiger charge is 2.09. The van der Waals surface area contributed by atoms with Gasteiger partial charge in [-0.1, -0.05) is 19.1 Å². The summed E-state index contributed by atoms with van der Waals surface area (Å²) in [6, 6.07) is 9.95. The fraction of sp³-hybridized carbons (Fsp3) is 0.312. The van der Waals surface area contributed by atoms with Gasteiger partial charge in [0.25, 0.3) is 0 Å². The predicted molar refractivity (Wildman–Crippen MR) is 82.9 cm³/mol. The van der Waals surface area contributed by atoms with Crippen LogP contribution in [0.3, 0.4) is 0 Å². The molecule has 1 aromatic heterocycles. The SMILES string of the molecule is CCCOc1nc(NC(C)c2ccc(F)cc2)ccc1N. The maximum atomic E-state index is 12.9. The van der Waals surface area contributed by atoms with Crippen LogP contribution >= 0.6 is 0 Å². The average Bonchev–Trinajstić information content (AvgIpc) is 2.48. The van der Waals surface area contributed by atoms with Gasteiger partial charge in [-0.25, -0.2) is 4.39 Å². The largest absolute Gasteiger partial charge is 0.476 e. The molecule has 21 heavy (non-hydrogen) atoms. The molecule has 0 bridgehead atoms. The first-order valence-corrected chi connectivity index (χ1v) is 7.01. The average molecular weight is 289 g/mol. The second-order valence-corrected chi connectivity index (χ2v) is 4.86. The molecular weight excluding hydrogens is 269 g/mol. The molecule has 0 fully saturated rings. The Morgan fingerprint density at radius 3 is 2.62 bits per heavy atom. The Morgan fingerprint density at radius 1 is 1.24 bits per heavy atom. The van der Waals surface area contributed by atoms with E-state index >= 15 is 0 Å². The Bertz CT molecular complexity index is 587. The first-order valence-electron chi connectivity index (χ1n) is 7.01. The van der Waals surface area contributed by atoms with E-state index in [1.807, 2.05) is 13.8 Å². The first kappa shape index (κ1) is 15.1. The van der Waals surface area contributed by atoms with Gasteiger partial charge >= 0.3 is 0 Å². The fourth-order valence-corrected chi connectivity index (χ4v) is 1.90. The minimum atomic E-state index is -0.244. The van der Waals surface area contributed by atoms with E-state index < -0.39 is 0 Å². The lowest BCUT2D eigenvalue weighted by molar-refractivity contribution is 0.307. The molecule has 0 aliphatic rings. The maximum Gasteiger partial charge on any atom is 0.239 e. The standard InChI is InChI=1S/C16H20FN3O/c1-3-10-21-16-14(18)8-9-15(20-16)19-11(2)12-4-6-13(17)7-5-12/h4-9,11H,3,10,18H2,1-2H3,(H,19,20).